The number of hydrogen-bond acceptors (Lipinski definition) is 5. The maximum Gasteiger partial charge on any atom is 0.289 e. The Labute approximate surface area is 170 Å². The maximum absolute atomic E-state index is 13.2. The van der Waals surface area contributed by atoms with Crippen LogP contribution >= 0.6 is 11.3 Å². The first-order valence-electron chi connectivity index (χ1n) is 10.2. The monoisotopic (exact) mass is 400 g/mol. The summed E-state index contributed by atoms with van der Waals surface area (Å²) in [7, 11) is 0. The maximum atomic E-state index is 13.2. The second-order valence-electron chi connectivity index (χ2n) is 8.92. The minimum atomic E-state index is -0.118. The van der Waals surface area contributed by atoms with E-state index in [1.54, 1.807) is 11.3 Å². The lowest BCUT2D eigenvalue weighted by atomic mass is 9.76. The fraction of sp³-hybridized carbons (Fsp3) is 0.591. The third-order valence-electron chi connectivity index (χ3n) is 5.96. The van der Waals surface area contributed by atoms with Gasteiger partial charge in [-0.3, -0.25) is 9.59 Å². The van der Waals surface area contributed by atoms with Crippen molar-refractivity contribution < 1.29 is 14.0 Å². The second kappa shape index (κ2) is 7.14. The van der Waals surface area contributed by atoms with Gasteiger partial charge in [-0.25, -0.2) is 4.98 Å². The van der Waals surface area contributed by atoms with Crippen molar-refractivity contribution in [1.82, 2.24) is 9.88 Å². The van der Waals surface area contributed by atoms with Crippen LogP contribution in [-0.4, -0.2) is 34.7 Å². The van der Waals surface area contributed by atoms with Crippen LogP contribution in [0.5, 0.6) is 0 Å². The van der Waals surface area contributed by atoms with E-state index in [1.165, 1.54) is 0 Å². The summed E-state index contributed by atoms with van der Waals surface area (Å²) in [5.41, 5.74) is 2.36. The van der Waals surface area contributed by atoms with Crippen LogP contribution in [0.25, 0.3) is 0 Å². The number of aromatic nitrogens is 1. The van der Waals surface area contributed by atoms with Crippen LogP contribution in [-0.2, 0) is 12.8 Å². The van der Waals surface area contributed by atoms with Crippen molar-refractivity contribution in [2.24, 2.45) is 5.41 Å². The number of aryl methyl sites for hydroxylation is 1. The molecule has 1 saturated heterocycles. The molecule has 2 aliphatic rings. The van der Waals surface area contributed by atoms with Crippen LogP contribution in [0, 0.1) is 12.3 Å². The molecule has 0 bridgehead atoms. The molecule has 1 atom stereocenters. The van der Waals surface area contributed by atoms with Gasteiger partial charge < -0.3 is 9.32 Å². The number of likely N-dealkylation sites (tertiary alicyclic amines) is 1. The van der Waals surface area contributed by atoms with Crippen molar-refractivity contribution in [3.8, 4) is 0 Å². The molecule has 2 aromatic heterocycles. The van der Waals surface area contributed by atoms with Gasteiger partial charge in [-0.05, 0) is 31.6 Å². The molecule has 0 radical (unpaired) electrons. The molecular weight excluding hydrogens is 372 g/mol. The third-order valence-corrected chi connectivity index (χ3v) is 7.02. The molecule has 1 aliphatic heterocycles. The van der Waals surface area contributed by atoms with Gasteiger partial charge in [0.25, 0.3) is 5.91 Å². The van der Waals surface area contributed by atoms with Gasteiger partial charge in [0.05, 0.1) is 16.3 Å². The van der Waals surface area contributed by atoms with Gasteiger partial charge in [0, 0.05) is 42.8 Å². The number of carbonyl (C=O) groups excluding carboxylic acids is 2. The Bertz CT molecular complexity index is 924. The molecule has 5 nitrogen and oxygen atoms in total. The smallest absolute Gasteiger partial charge is 0.289 e. The number of thiazole rings is 1. The lowest BCUT2D eigenvalue weighted by Crippen LogP contribution is -2.39. The number of furan rings is 1. The highest BCUT2D eigenvalue weighted by molar-refractivity contribution is 7.09. The Hall–Kier alpha value is -1.95. The topological polar surface area (TPSA) is 63.4 Å². The van der Waals surface area contributed by atoms with Crippen LogP contribution < -0.4 is 0 Å². The van der Waals surface area contributed by atoms with Crippen molar-refractivity contribution in [2.45, 2.75) is 65.7 Å². The summed E-state index contributed by atoms with van der Waals surface area (Å²) in [6.45, 7) is 9.49. The summed E-state index contributed by atoms with van der Waals surface area (Å²) < 4.78 is 6.00. The largest absolute Gasteiger partial charge is 0.455 e. The molecular formula is C22H28N2O3S. The van der Waals surface area contributed by atoms with Crippen molar-refractivity contribution >= 4 is 23.0 Å². The average molecular weight is 401 g/mol. The molecule has 1 unspecified atom stereocenters. The number of piperidine rings is 1. The van der Waals surface area contributed by atoms with Crippen LogP contribution in [0.1, 0.15) is 88.9 Å². The van der Waals surface area contributed by atoms with E-state index in [0.29, 0.717) is 42.0 Å². The van der Waals surface area contributed by atoms with E-state index in [4.69, 9.17) is 9.40 Å². The highest BCUT2D eigenvalue weighted by atomic mass is 32.1. The SMILES string of the molecule is CCc1csc(C2CCCN(C(=O)c3oc4c(c3C)C(=O)CC(C)(C)C4)C2)n1. The predicted molar refractivity (Wildman–Crippen MR) is 109 cm³/mol. The van der Waals surface area contributed by atoms with E-state index in [2.05, 4.69) is 26.2 Å². The molecule has 0 aromatic carbocycles. The van der Waals surface area contributed by atoms with Crippen molar-refractivity contribution in [3.05, 3.63) is 38.7 Å². The molecule has 0 saturated carbocycles. The molecule has 6 heteroatoms. The van der Waals surface area contributed by atoms with Crippen molar-refractivity contribution in [1.29, 1.82) is 0 Å². The minimum absolute atomic E-state index is 0.0884. The van der Waals surface area contributed by atoms with Crippen molar-refractivity contribution in [2.75, 3.05) is 13.1 Å². The first-order valence-corrected chi connectivity index (χ1v) is 11.1. The molecule has 4 rings (SSSR count). The lowest BCUT2D eigenvalue weighted by molar-refractivity contribution is 0.0669. The Balaban J connectivity index is 1.57. The zero-order chi connectivity index (χ0) is 20.1. The van der Waals surface area contributed by atoms with E-state index in [-0.39, 0.29) is 23.0 Å². The summed E-state index contributed by atoms with van der Waals surface area (Å²) in [5.74, 6) is 1.33. The molecule has 1 fully saturated rings. The van der Waals surface area contributed by atoms with Gasteiger partial charge in [0.15, 0.2) is 11.5 Å². The second-order valence-corrected chi connectivity index (χ2v) is 9.81. The predicted octanol–water partition coefficient (Wildman–Crippen LogP) is 4.78. The minimum Gasteiger partial charge on any atom is -0.455 e. The average Bonchev–Trinajstić information content (AvgIpc) is 3.25. The lowest BCUT2D eigenvalue weighted by Gasteiger charge is -2.31. The summed E-state index contributed by atoms with van der Waals surface area (Å²) in [6, 6.07) is 0. The molecule has 1 amide bonds. The van der Waals surface area contributed by atoms with E-state index >= 15 is 0 Å². The highest BCUT2D eigenvalue weighted by Gasteiger charge is 2.38. The van der Waals surface area contributed by atoms with E-state index in [0.717, 1.165) is 36.5 Å². The number of fused-ring (bicyclic) bond motifs is 1. The summed E-state index contributed by atoms with van der Waals surface area (Å²) >= 11 is 1.70. The number of nitrogens with zero attached hydrogens (tertiary/aromatic N) is 2. The third kappa shape index (κ3) is 3.43. The highest BCUT2D eigenvalue weighted by Crippen LogP contribution is 2.39. The molecule has 0 spiro atoms. The molecule has 28 heavy (non-hydrogen) atoms. The Morgan fingerprint density at radius 3 is 2.89 bits per heavy atom. The summed E-state index contributed by atoms with van der Waals surface area (Å²) in [4.78, 5) is 32.5. The summed E-state index contributed by atoms with van der Waals surface area (Å²) in [5, 5.41) is 3.25. The normalized spacial score (nSPS) is 21.6. The van der Waals surface area contributed by atoms with Crippen molar-refractivity contribution in [3.63, 3.8) is 0 Å². The van der Waals surface area contributed by atoms with Gasteiger partial charge in [0.1, 0.15) is 5.76 Å². The number of rotatable bonds is 3. The van der Waals surface area contributed by atoms with Crippen LogP contribution in [0.2, 0.25) is 0 Å². The number of hydrogen-bond donors (Lipinski definition) is 0. The van der Waals surface area contributed by atoms with Gasteiger partial charge in [-0.2, -0.15) is 0 Å². The van der Waals surface area contributed by atoms with Crippen LogP contribution in [0.3, 0.4) is 0 Å². The van der Waals surface area contributed by atoms with E-state index in [1.807, 2.05) is 11.8 Å². The Kier molecular flexibility index (Phi) is 4.94. The Morgan fingerprint density at radius 1 is 1.39 bits per heavy atom. The van der Waals surface area contributed by atoms with Gasteiger partial charge >= 0.3 is 0 Å². The number of amides is 1. The zero-order valence-electron chi connectivity index (χ0n) is 17.1. The summed E-state index contributed by atoms with van der Waals surface area (Å²) in [6.07, 6.45) is 4.16. The van der Waals surface area contributed by atoms with Crippen LogP contribution in [0.15, 0.2) is 9.80 Å². The fourth-order valence-corrected chi connectivity index (χ4v) is 5.50. The quantitative estimate of drug-likeness (QED) is 0.744. The van der Waals surface area contributed by atoms with E-state index in [9.17, 15) is 9.59 Å². The van der Waals surface area contributed by atoms with Gasteiger partial charge in [-0.15, -0.1) is 11.3 Å². The Morgan fingerprint density at radius 2 is 2.18 bits per heavy atom. The molecule has 3 heterocycles. The number of carbonyl (C=O) groups is 2. The van der Waals surface area contributed by atoms with E-state index < -0.39 is 0 Å². The molecule has 0 N–H and O–H groups in total. The number of Topliss-reactive ketones (excluding diaryl/α,β-unsaturated/α-hetero) is 1. The molecule has 2 aromatic rings. The molecule has 150 valence electrons. The van der Waals surface area contributed by atoms with Crippen LogP contribution in [0.4, 0.5) is 0 Å². The zero-order valence-corrected chi connectivity index (χ0v) is 17.9. The first-order chi connectivity index (χ1) is 13.3. The fourth-order valence-electron chi connectivity index (χ4n) is 4.47. The van der Waals surface area contributed by atoms with Gasteiger partial charge in [0.2, 0.25) is 0 Å². The first kappa shape index (κ1) is 19.4. The molecule has 1 aliphatic carbocycles. The number of ketones is 1. The van der Waals surface area contributed by atoms with Gasteiger partial charge in [-0.1, -0.05) is 20.8 Å². The standard InChI is InChI=1S/C22H28N2O3S/c1-5-15-12-28-20(23-15)14-7-6-8-24(11-14)21(26)19-13(2)18-16(25)9-22(3,4)10-17(18)27-19/h12,14H,5-11H2,1-4H3.